The van der Waals surface area contributed by atoms with Crippen LogP contribution in [0.3, 0.4) is 0 Å². The van der Waals surface area contributed by atoms with Gasteiger partial charge in [-0.1, -0.05) is 19.1 Å². The van der Waals surface area contributed by atoms with Crippen LogP contribution in [0.15, 0.2) is 29.2 Å². The fourth-order valence-electron chi connectivity index (χ4n) is 1.63. The maximum atomic E-state index is 12.1. The highest BCUT2D eigenvalue weighted by atomic mass is 32.2. The van der Waals surface area contributed by atoms with Gasteiger partial charge in [0, 0.05) is 6.54 Å². The second-order valence-electron chi connectivity index (χ2n) is 4.75. The Hall–Kier alpha value is -0.920. The molecule has 0 fully saturated rings. The van der Waals surface area contributed by atoms with Crippen molar-refractivity contribution in [3.05, 3.63) is 29.8 Å². The van der Waals surface area contributed by atoms with Crippen LogP contribution in [0.2, 0.25) is 0 Å². The van der Waals surface area contributed by atoms with Gasteiger partial charge >= 0.3 is 0 Å². The van der Waals surface area contributed by atoms with Crippen LogP contribution in [0, 0.1) is 0 Å². The number of sulfone groups is 2. The first-order valence-electron chi connectivity index (χ1n) is 6.46. The average molecular weight is 319 g/mol. The van der Waals surface area contributed by atoms with Gasteiger partial charge in [-0.2, -0.15) is 0 Å². The molecule has 0 saturated carbocycles. The molecular formula is C13H21NO4S2. The minimum absolute atomic E-state index is 0.133. The first kappa shape index (κ1) is 17.1. The van der Waals surface area contributed by atoms with Crippen molar-refractivity contribution >= 4 is 19.7 Å². The number of hydrogen-bond acceptors (Lipinski definition) is 5. The summed E-state index contributed by atoms with van der Waals surface area (Å²) in [6.07, 6.45) is 0.480. The molecule has 0 saturated heterocycles. The normalized spacial score (nSPS) is 14.2. The van der Waals surface area contributed by atoms with Crippen molar-refractivity contribution in [2.24, 2.45) is 5.73 Å². The Morgan fingerprint density at radius 2 is 1.60 bits per heavy atom. The molecule has 20 heavy (non-hydrogen) atoms. The summed E-state index contributed by atoms with van der Waals surface area (Å²) in [6, 6.07) is 6.20. The van der Waals surface area contributed by atoms with Crippen molar-refractivity contribution in [1.29, 1.82) is 0 Å². The van der Waals surface area contributed by atoms with E-state index in [-0.39, 0.29) is 16.4 Å². The van der Waals surface area contributed by atoms with Crippen molar-refractivity contribution in [2.45, 2.75) is 37.0 Å². The first-order valence-corrected chi connectivity index (χ1v) is 9.83. The standard InChI is InChI=1S/C13H21NO4S2/c1-3-11(2)19(15,16)8-9-20(17,18)13-6-4-12(10-14)5-7-13/h4-7,11H,3,8-10,14H2,1-2H3. The molecule has 0 amide bonds. The zero-order valence-corrected chi connectivity index (χ0v) is 13.4. The Balaban J connectivity index is 2.85. The van der Waals surface area contributed by atoms with Crippen molar-refractivity contribution in [1.82, 2.24) is 0 Å². The van der Waals surface area contributed by atoms with Gasteiger partial charge in [0.15, 0.2) is 19.7 Å². The monoisotopic (exact) mass is 319 g/mol. The maximum Gasteiger partial charge on any atom is 0.179 e. The molecule has 0 spiro atoms. The number of hydrogen-bond donors (Lipinski definition) is 1. The Morgan fingerprint density at radius 3 is 2.05 bits per heavy atom. The highest BCUT2D eigenvalue weighted by Gasteiger charge is 2.23. The van der Waals surface area contributed by atoms with Crippen LogP contribution in [0.4, 0.5) is 0 Å². The predicted molar refractivity (Wildman–Crippen MR) is 79.9 cm³/mol. The number of benzene rings is 1. The van der Waals surface area contributed by atoms with Crippen LogP contribution in [0.5, 0.6) is 0 Å². The molecule has 1 atom stereocenters. The summed E-state index contributed by atoms with van der Waals surface area (Å²) in [5, 5.41) is -0.516. The Bertz CT molecular complexity index is 633. The summed E-state index contributed by atoms with van der Waals surface area (Å²) in [4.78, 5) is 0.133. The van der Waals surface area contributed by atoms with Crippen LogP contribution < -0.4 is 5.73 Å². The smallest absolute Gasteiger partial charge is 0.179 e. The van der Waals surface area contributed by atoms with E-state index in [4.69, 9.17) is 5.73 Å². The summed E-state index contributed by atoms with van der Waals surface area (Å²) in [6.45, 7) is 3.70. The molecule has 0 radical (unpaired) electrons. The third-order valence-electron chi connectivity index (χ3n) is 3.34. The van der Waals surface area contributed by atoms with Gasteiger partial charge in [0.25, 0.3) is 0 Å². The summed E-state index contributed by atoms with van der Waals surface area (Å²) in [7, 11) is -6.94. The average Bonchev–Trinajstić information content (AvgIpc) is 2.44. The van der Waals surface area contributed by atoms with Crippen molar-refractivity contribution in [3.63, 3.8) is 0 Å². The molecule has 2 N–H and O–H groups in total. The van der Waals surface area contributed by atoms with E-state index in [0.29, 0.717) is 13.0 Å². The van der Waals surface area contributed by atoms with E-state index in [1.165, 1.54) is 12.1 Å². The summed E-state index contributed by atoms with van der Waals surface area (Å²) < 4.78 is 47.9. The zero-order chi connectivity index (χ0) is 15.4. The lowest BCUT2D eigenvalue weighted by atomic mass is 10.2. The van der Waals surface area contributed by atoms with E-state index in [9.17, 15) is 16.8 Å². The van der Waals surface area contributed by atoms with Crippen LogP contribution in [0.25, 0.3) is 0 Å². The van der Waals surface area contributed by atoms with Gasteiger partial charge in [0.1, 0.15) is 0 Å². The van der Waals surface area contributed by atoms with Crippen LogP contribution in [0.1, 0.15) is 25.8 Å². The van der Waals surface area contributed by atoms with Gasteiger partial charge in [-0.15, -0.1) is 0 Å². The Kier molecular flexibility index (Phi) is 5.73. The summed E-state index contributed by atoms with van der Waals surface area (Å²) in [5.74, 6) is -0.732. The van der Waals surface area contributed by atoms with Crippen molar-refractivity contribution in [2.75, 3.05) is 11.5 Å². The van der Waals surface area contributed by atoms with E-state index < -0.39 is 24.9 Å². The quantitative estimate of drug-likeness (QED) is 0.813. The van der Waals surface area contributed by atoms with Crippen molar-refractivity contribution in [3.8, 4) is 0 Å². The molecule has 0 aliphatic heterocycles. The molecule has 1 aromatic rings. The highest BCUT2D eigenvalue weighted by Crippen LogP contribution is 2.14. The predicted octanol–water partition coefficient (Wildman–Crippen LogP) is 1.13. The van der Waals surface area contributed by atoms with E-state index in [1.807, 2.05) is 0 Å². The van der Waals surface area contributed by atoms with Gasteiger partial charge in [-0.25, -0.2) is 16.8 Å². The third kappa shape index (κ3) is 4.29. The fourth-order valence-corrected chi connectivity index (χ4v) is 5.14. The van der Waals surface area contributed by atoms with E-state index >= 15 is 0 Å². The molecule has 7 heteroatoms. The minimum Gasteiger partial charge on any atom is -0.326 e. The van der Waals surface area contributed by atoms with Crippen LogP contribution in [-0.2, 0) is 26.2 Å². The molecule has 114 valence electrons. The van der Waals surface area contributed by atoms with E-state index in [2.05, 4.69) is 0 Å². The lowest BCUT2D eigenvalue weighted by Crippen LogP contribution is -2.25. The molecule has 0 aliphatic rings. The fraction of sp³-hybridized carbons (Fsp3) is 0.538. The van der Waals surface area contributed by atoms with Crippen molar-refractivity contribution < 1.29 is 16.8 Å². The molecule has 1 aromatic carbocycles. The molecular weight excluding hydrogens is 298 g/mol. The van der Waals surface area contributed by atoms with Crippen LogP contribution >= 0.6 is 0 Å². The molecule has 5 nitrogen and oxygen atoms in total. The van der Waals surface area contributed by atoms with Gasteiger partial charge in [-0.05, 0) is 31.0 Å². The molecule has 0 heterocycles. The molecule has 0 bridgehead atoms. The first-order chi connectivity index (χ1) is 9.23. The number of rotatable bonds is 7. The summed E-state index contributed by atoms with van der Waals surface area (Å²) >= 11 is 0. The lowest BCUT2D eigenvalue weighted by Gasteiger charge is -2.11. The van der Waals surface area contributed by atoms with Crippen LogP contribution in [-0.4, -0.2) is 33.6 Å². The minimum atomic E-state index is -3.58. The molecule has 1 unspecified atom stereocenters. The number of nitrogens with two attached hydrogens (primary N) is 1. The summed E-state index contributed by atoms with van der Waals surface area (Å²) in [5.41, 5.74) is 6.27. The molecule has 0 aliphatic carbocycles. The Morgan fingerprint density at radius 1 is 1.05 bits per heavy atom. The molecule has 0 aromatic heterocycles. The largest absolute Gasteiger partial charge is 0.326 e. The lowest BCUT2D eigenvalue weighted by molar-refractivity contribution is 0.577. The van der Waals surface area contributed by atoms with Gasteiger partial charge in [-0.3, -0.25) is 0 Å². The Labute approximate surface area is 121 Å². The second kappa shape index (κ2) is 6.69. The molecule has 1 rings (SSSR count). The van der Waals surface area contributed by atoms with E-state index in [1.54, 1.807) is 26.0 Å². The highest BCUT2D eigenvalue weighted by molar-refractivity contribution is 7.95. The third-order valence-corrected chi connectivity index (χ3v) is 7.67. The second-order valence-corrected chi connectivity index (χ2v) is 9.40. The van der Waals surface area contributed by atoms with Gasteiger partial charge in [0.2, 0.25) is 0 Å². The van der Waals surface area contributed by atoms with E-state index in [0.717, 1.165) is 5.56 Å². The van der Waals surface area contributed by atoms with Gasteiger partial charge < -0.3 is 5.73 Å². The van der Waals surface area contributed by atoms with Gasteiger partial charge in [0.05, 0.1) is 21.7 Å². The maximum absolute atomic E-state index is 12.1. The topological polar surface area (TPSA) is 94.3 Å². The SMILES string of the molecule is CCC(C)S(=O)(=O)CCS(=O)(=O)c1ccc(CN)cc1. The zero-order valence-electron chi connectivity index (χ0n) is 11.7.